The van der Waals surface area contributed by atoms with Gasteiger partial charge in [-0.3, -0.25) is 4.79 Å². The number of benzene rings is 2. The average molecular weight is 448 g/mol. The van der Waals surface area contributed by atoms with Gasteiger partial charge in [-0.05, 0) is 66.8 Å². The number of carboxylic acid groups (broad SMARTS) is 1. The molecule has 2 aromatic carbocycles. The number of rotatable bonds is 6. The number of halogens is 6. The van der Waals surface area contributed by atoms with Gasteiger partial charge in [0.05, 0.1) is 23.3 Å². The van der Waals surface area contributed by atoms with Crippen LogP contribution in [0, 0.1) is 6.92 Å². The summed E-state index contributed by atoms with van der Waals surface area (Å²) in [5, 5.41) is 9.53. The predicted molar refractivity (Wildman–Crippen MR) is 98.5 cm³/mol. The summed E-state index contributed by atoms with van der Waals surface area (Å²) in [4.78, 5) is 23.3. The molecule has 0 radical (unpaired) electrons. The van der Waals surface area contributed by atoms with Crippen LogP contribution in [-0.4, -0.2) is 23.7 Å². The van der Waals surface area contributed by atoms with Crippen molar-refractivity contribution in [2.24, 2.45) is 0 Å². The van der Waals surface area contributed by atoms with Crippen molar-refractivity contribution in [3.8, 4) is 11.1 Å². The summed E-state index contributed by atoms with van der Waals surface area (Å²) in [6.45, 7) is 3.30. The zero-order valence-corrected chi connectivity index (χ0v) is 16.4. The number of esters is 1. The average Bonchev–Trinajstić information content (AvgIpc) is 2.65. The fourth-order valence-electron chi connectivity index (χ4n) is 3.02. The molecule has 0 aromatic heterocycles. The number of carbonyl (C=O) groups is 2. The molecule has 0 saturated heterocycles. The quantitative estimate of drug-likeness (QED) is 0.442. The Balaban J connectivity index is 2.63. The van der Waals surface area contributed by atoms with Gasteiger partial charge in [-0.15, -0.1) is 0 Å². The maximum Gasteiger partial charge on any atom is 0.416 e. The second-order valence-corrected chi connectivity index (χ2v) is 6.73. The maximum atomic E-state index is 13.2. The lowest BCUT2D eigenvalue weighted by molar-refractivity contribution is -0.144. The molecule has 0 fully saturated rings. The molecule has 0 unspecified atom stereocenters. The highest BCUT2D eigenvalue weighted by molar-refractivity contribution is 5.96. The first kappa shape index (κ1) is 24.2. The second-order valence-electron chi connectivity index (χ2n) is 6.73. The molecule has 0 aliphatic carbocycles. The zero-order chi connectivity index (χ0) is 23.6. The lowest BCUT2D eigenvalue weighted by atomic mass is 9.90. The highest BCUT2D eigenvalue weighted by Crippen LogP contribution is 2.39. The molecule has 0 bridgehead atoms. The minimum absolute atomic E-state index is 0.0233. The highest BCUT2D eigenvalue weighted by atomic mass is 19.4. The van der Waals surface area contributed by atoms with E-state index in [9.17, 15) is 41.0 Å². The van der Waals surface area contributed by atoms with Crippen molar-refractivity contribution in [1.82, 2.24) is 0 Å². The van der Waals surface area contributed by atoms with Crippen molar-refractivity contribution < 1.29 is 45.8 Å². The number of carboxylic acids is 1. The van der Waals surface area contributed by atoms with Gasteiger partial charge in [-0.1, -0.05) is 6.07 Å². The predicted octanol–water partition coefficient (Wildman–Crippen LogP) is 5.89. The van der Waals surface area contributed by atoms with E-state index in [0.717, 1.165) is 6.07 Å². The highest BCUT2D eigenvalue weighted by Gasteiger charge is 2.37. The molecule has 0 amide bonds. The molecule has 31 heavy (non-hydrogen) atoms. The zero-order valence-electron chi connectivity index (χ0n) is 16.4. The van der Waals surface area contributed by atoms with E-state index in [4.69, 9.17) is 4.74 Å². The number of aromatic carboxylic acids is 1. The van der Waals surface area contributed by atoms with Crippen LogP contribution in [0.1, 0.15) is 46.0 Å². The molecule has 10 heteroatoms. The molecule has 0 spiro atoms. The van der Waals surface area contributed by atoms with Crippen LogP contribution in [0.2, 0.25) is 0 Å². The summed E-state index contributed by atoms with van der Waals surface area (Å²) in [5.74, 6) is -2.05. The summed E-state index contributed by atoms with van der Waals surface area (Å²) in [6.07, 6.45) is -10.1. The van der Waals surface area contributed by atoms with E-state index in [1.807, 2.05) is 0 Å². The minimum atomic E-state index is -5.06. The van der Waals surface area contributed by atoms with Crippen LogP contribution in [0.3, 0.4) is 0 Å². The standard InChI is InChI=1S/C21H18F6O4/c1-3-31-18(28)5-4-12-9-17(19(29)30)16(6-11(12)2)13-7-14(20(22,23)24)10-15(8-13)21(25,26)27/h6-10H,3-5H2,1-2H3,(H,29,30). The van der Waals surface area contributed by atoms with Gasteiger partial charge in [-0.2, -0.15) is 26.3 Å². The molecule has 2 aromatic rings. The van der Waals surface area contributed by atoms with Crippen LogP contribution in [0.5, 0.6) is 0 Å². The fraction of sp³-hybridized carbons (Fsp3) is 0.333. The van der Waals surface area contributed by atoms with E-state index >= 15 is 0 Å². The van der Waals surface area contributed by atoms with Crippen LogP contribution in [-0.2, 0) is 28.3 Å². The molecule has 0 atom stereocenters. The second kappa shape index (κ2) is 8.99. The van der Waals surface area contributed by atoms with Gasteiger partial charge < -0.3 is 9.84 Å². The number of hydrogen-bond donors (Lipinski definition) is 1. The molecular formula is C21H18F6O4. The maximum absolute atomic E-state index is 13.2. The number of carbonyl (C=O) groups excluding carboxylic acids is 1. The number of alkyl halides is 6. The van der Waals surface area contributed by atoms with Gasteiger partial charge in [0.15, 0.2) is 0 Å². The van der Waals surface area contributed by atoms with E-state index in [1.165, 1.54) is 13.0 Å². The summed E-state index contributed by atoms with van der Waals surface area (Å²) in [6, 6.07) is 3.30. The third kappa shape index (κ3) is 5.99. The van der Waals surface area contributed by atoms with E-state index < -0.39 is 46.5 Å². The Labute approximate surface area is 173 Å². The minimum Gasteiger partial charge on any atom is -0.478 e. The first-order valence-corrected chi connectivity index (χ1v) is 9.06. The van der Waals surface area contributed by atoms with E-state index in [1.54, 1.807) is 6.92 Å². The lowest BCUT2D eigenvalue weighted by Gasteiger charge is -2.17. The van der Waals surface area contributed by atoms with Crippen molar-refractivity contribution in [2.75, 3.05) is 6.61 Å². The largest absolute Gasteiger partial charge is 0.478 e. The lowest BCUT2D eigenvalue weighted by Crippen LogP contribution is -2.12. The van der Waals surface area contributed by atoms with E-state index in [0.29, 0.717) is 23.3 Å². The van der Waals surface area contributed by atoms with Crippen molar-refractivity contribution in [1.29, 1.82) is 0 Å². The fourth-order valence-corrected chi connectivity index (χ4v) is 3.02. The number of ether oxygens (including phenoxy) is 1. The molecule has 0 heterocycles. The van der Waals surface area contributed by atoms with Crippen LogP contribution in [0.4, 0.5) is 26.3 Å². The van der Waals surface area contributed by atoms with Crippen molar-refractivity contribution in [2.45, 2.75) is 39.0 Å². The summed E-state index contributed by atoms with van der Waals surface area (Å²) < 4.78 is 83.8. The van der Waals surface area contributed by atoms with Crippen molar-refractivity contribution >= 4 is 11.9 Å². The number of aryl methyl sites for hydroxylation is 2. The Kier molecular flexibility index (Phi) is 7.03. The SMILES string of the molecule is CCOC(=O)CCc1cc(C(=O)O)c(-c2cc(C(F)(F)F)cc(C(F)(F)F)c2)cc1C. The molecule has 2 rings (SSSR count). The molecular weight excluding hydrogens is 430 g/mol. The monoisotopic (exact) mass is 448 g/mol. The first-order valence-electron chi connectivity index (χ1n) is 9.06. The molecule has 0 aliphatic rings. The van der Waals surface area contributed by atoms with Gasteiger partial charge in [0, 0.05) is 6.42 Å². The Morgan fingerprint density at radius 3 is 1.94 bits per heavy atom. The van der Waals surface area contributed by atoms with E-state index in [2.05, 4.69) is 0 Å². The van der Waals surface area contributed by atoms with Gasteiger partial charge in [0.25, 0.3) is 0 Å². The van der Waals surface area contributed by atoms with E-state index in [-0.39, 0.29) is 31.1 Å². The summed E-state index contributed by atoms with van der Waals surface area (Å²) >= 11 is 0. The molecule has 4 nitrogen and oxygen atoms in total. The van der Waals surface area contributed by atoms with Crippen LogP contribution in [0.25, 0.3) is 11.1 Å². The topological polar surface area (TPSA) is 63.6 Å². The Morgan fingerprint density at radius 1 is 0.935 bits per heavy atom. The van der Waals surface area contributed by atoms with Crippen LogP contribution in [0.15, 0.2) is 30.3 Å². The van der Waals surface area contributed by atoms with Crippen molar-refractivity contribution in [3.63, 3.8) is 0 Å². The summed E-state index contributed by atoms with van der Waals surface area (Å²) in [7, 11) is 0. The van der Waals surface area contributed by atoms with Crippen molar-refractivity contribution in [3.05, 3.63) is 58.1 Å². The van der Waals surface area contributed by atoms with Gasteiger partial charge in [0.1, 0.15) is 0 Å². The Bertz CT molecular complexity index is 960. The third-order valence-corrected chi connectivity index (χ3v) is 4.51. The molecule has 0 saturated carbocycles. The van der Waals surface area contributed by atoms with Gasteiger partial charge >= 0.3 is 24.3 Å². The Hall–Kier alpha value is -3.04. The molecule has 0 aliphatic heterocycles. The Morgan fingerprint density at radius 2 is 1.48 bits per heavy atom. The first-order chi connectivity index (χ1) is 14.2. The van der Waals surface area contributed by atoms with Crippen LogP contribution < -0.4 is 0 Å². The van der Waals surface area contributed by atoms with Gasteiger partial charge in [0.2, 0.25) is 0 Å². The third-order valence-electron chi connectivity index (χ3n) is 4.51. The molecule has 1 N–H and O–H groups in total. The number of hydrogen-bond acceptors (Lipinski definition) is 3. The smallest absolute Gasteiger partial charge is 0.416 e. The van der Waals surface area contributed by atoms with Gasteiger partial charge in [-0.25, -0.2) is 4.79 Å². The summed E-state index contributed by atoms with van der Waals surface area (Å²) in [5.41, 5.74) is -3.55. The molecule has 168 valence electrons. The van der Waals surface area contributed by atoms with Crippen LogP contribution >= 0.6 is 0 Å². The normalized spacial score (nSPS) is 12.0.